The van der Waals surface area contributed by atoms with Gasteiger partial charge >= 0.3 is 0 Å². The molecule has 0 aliphatic carbocycles. The summed E-state index contributed by atoms with van der Waals surface area (Å²) >= 11 is 0. The van der Waals surface area contributed by atoms with Crippen molar-refractivity contribution in [2.24, 2.45) is 0 Å². The van der Waals surface area contributed by atoms with Gasteiger partial charge in [0.1, 0.15) is 5.76 Å². The molecule has 1 N–H and O–H groups in total. The van der Waals surface area contributed by atoms with Gasteiger partial charge in [0.2, 0.25) is 0 Å². The smallest absolute Gasteiger partial charge is 0.254 e. The number of hydrogen-bond donors (Lipinski definition) is 1. The highest BCUT2D eigenvalue weighted by Crippen LogP contribution is 2.26. The first-order valence-electron chi connectivity index (χ1n) is 6.89. The Kier molecular flexibility index (Phi) is 3.46. The van der Waals surface area contributed by atoms with Crippen molar-refractivity contribution in [3.05, 3.63) is 53.5 Å². The molecule has 0 atom stereocenters. The van der Waals surface area contributed by atoms with E-state index in [0.29, 0.717) is 6.54 Å². The van der Waals surface area contributed by atoms with Crippen LogP contribution < -0.4 is 5.32 Å². The predicted octanol–water partition coefficient (Wildman–Crippen LogP) is 2.91. The van der Waals surface area contributed by atoms with Gasteiger partial charge in [-0.05, 0) is 42.7 Å². The van der Waals surface area contributed by atoms with Crippen molar-refractivity contribution in [3.8, 4) is 0 Å². The number of hydrogen-bond acceptors (Lipinski definition) is 3. The van der Waals surface area contributed by atoms with Gasteiger partial charge in [-0.1, -0.05) is 6.07 Å². The molecule has 2 heterocycles. The maximum atomic E-state index is 12.6. The Labute approximate surface area is 118 Å². The van der Waals surface area contributed by atoms with Crippen LogP contribution in [0.3, 0.4) is 0 Å². The molecule has 1 aromatic heterocycles. The van der Waals surface area contributed by atoms with E-state index in [0.717, 1.165) is 42.0 Å². The Morgan fingerprint density at radius 3 is 3.05 bits per heavy atom. The van der Waals surface area contributed by atoms with Crippen LogP contribution in [0.15, 0.2) is 41.0 Å². The summed E-state index contributed by atoms with van der Waals surface area (Å²) in [6.07, 6.45) is 3.65. The summed E-state index contributed by atoms with van der Waals surface area (Å²) < 4.78 is 5.30. The van der Waals surface area contributed by atoms with E-state index in [9.17, 15) is 4.79 Å². The molecule has 4 heteroatoms. The average molecular weight is 270 g/mol. The summed E-state index contributed by atoms with van der Waals surface area (Å²) in [4.78, 5) is 14.3. The van der Waals surface area contributed by atoms with Crippen LogP contribution in [0.1, 0.15) is 28.1 Å². The summed E-state index contributed by atoms with van der Waals surface area (Å²) in [6.45, 7) is 1.47. The Morgan fingerprint density at radius 2 is 2.25 bits per heavy atom. The highest BCUT2D eigenvalue weighted by molar-refractivity contribution is 5.97. The summed E-state index contributed by atoms with van der Waals surface area (Å²) in [5.74, 6) is 0.839. The van der Waals surface area contributed by atoms with Crippen molar-refractivity contribution in [2.75, 3.05) is 18.9 Å². The van der Waals surface area contributed by atoms with Gasteiger partial charge in [-0.3, -0.25) is 4.79 Å². The van der Waals surface area contributed by atoms with Crippen LogP contribution in [0.25, 0.3) is 0 Å². The Hall–Kier alpha value is -2.23. The first-order valence-corrected chi connectivity index (χ1v) is 6.89. The number of fused-ring (bicyclic) bond motifs is 1. The van der Waals surface area contributed by atoms with Gasteiger partial charge in [0, 0.05) is 24.8 Å². The second kappa shape index (κ2) is 5.41. The molecule has 0 saturated carbocycles. The molecule has 0 fully saturated rings. The molecule has 0 bridgehead atoms. The van der Waals surface area contributed by atoms with E-state index in [1.807, 2.05) is 30.3 Å². The van der Waals surface area contributed by atoms with Gasteiger partial charge in [-0.25, -0.2) is 0 Å². The minimum atomic E-state index is 0.0435. The van der Waals surface area contributed by atoms with Crippen molar-refractivity contribution >= 4 is 11.6 Å². The highest BCUT2D eigenvalue weighted by atomic mass is 16.3. The van der Waals surface area contributed by atoms with Crippen LogP contribution >= 0.6 is 0 Å². The molecule has 3 rings (SSSR count). The van der Waals surface area contributed by atoms with Crippen molar-refractivity contribution in [3.63, 3.8) is 0 Å². The molecule has 4 nitrogen and oxygen atoms in total. The number of anilines is 1. The third-order valence-corrected chi connectivity index (χ3v) is 3.65. The summed E-state index contributed by atoms with van der Waals surface area (Å²) in [5.41, 5.74) is 3.02. The highest BCUT2D eigenvalue weighted by Gasteiger charge is 2.20. The third-order valence-electron chi connectivity index (χ3n) is 3.65. The van der Waals surface area contributed by atoms with E-state index in [1.165, 1.54) is 0 Å². The molecule has 0 radical (unpaired) electrons. The molecule has 0 unspecified atom stereocenters. The molecular formula is C16H18N2O2. The molecule has 104 valence electrons. The van der Waals surface area contributed by atoms with Crippen LogP contribution in [0.4, 0.5) is 5.69 Å². The van der Waals surface area contributed by atoms with Gasteiger partial charge in [-0.15, -0.1) is 0 Å². The molecule has 1 aromatic carbocycles. The van der Waals surface area contributed by atoms with Gasteiger partial charge in [0.15, 0.2) is 0 Å². The van der Waals surface area contributed by atoms with Crippen molar-refractivity contribution < 1.29 is 9.21 Å². The monoisotopic (exact) mass is 270 g/mol. The molecule has 1 aliphatic heterocycles. The van der Waals surface area contributed by atoms with Crippen molar-refractivity contribution in [1.82, 2.24) is 4.90 Å². The van der Waals surface area contributed by atoms with E-state index in [-0.39, 0.29) is 5.91 Å². The molecule has 2 aromatic rings. The van der Waals surface area contributed by atoms with Crippen LogP contribution in [-0.4, -0.2) is 24.4 Å². The number of benzene rings is 1. The first-order chi connectivity index (χ1) is 9.75. The van der Waals surface area contributed by atoms with E-state index in [2.05, 4.69) is 5.32 Å². The summed E-state index contributed by atoms with van der Waals surface area (Å²) in [6, 6.07) is 9.60. The summed E-state index contributed by atoms with van der Waals surface area (Å²) in [7, 11) is 1.81. The Balaban J connectivity index is 1.83. The van der Waals surface area contributed by atoms with Crippen molar-refractivity contribution in [2.45, 2.75) is 19.4 Å². The quantitative estimate of drug-likeness (QED) is 0.932. The normalized spacial score (nSPS) is 13.4. The molecular weight excluding hydrogens is 252 g/mol. The van der Waals surface area contributed by atoms with E-state index < -0.39 is 0 Å². The predicted molar refractivity (Wildman–Crippen MR) is 77.8 cm³/mol. The zero-order chi connectivity index (χ0) is 13.9. The lowest BCUT2D eigenvalue weighted by atomic mass is 9.97. The molecule has 1 aliphatic rings. The van der Waals surface area contributed by atoms with Gasteiger partial charge < -0.3 is 14.6 Å². The number of furan rings is 1. The number of nitrogens with zero attached hydrogens (tertiary/aromatic N) is 1. The number of carbonyl (C=O) groups is 1. The molecule has 0 saturated heterocycles. The Bertz CT molecular complexity index is 605. The van der Waals surface area contributed by atoms with Gasteiger partial charge in [0.25, 0.3) is 5.91 Å². The number of carbonyl (C=O) groups excluding carboxylic acids is 1. The lowest BCUT2D eigenvalue weighted by molar-refractivity contribution is 0.0774. The van der Waals surface area contributed by atoms with Crippen LogP contribution in [0, 0.1) is 0 Å². The fourth-order valence-electron chi connectivity index (χ4n) is 2.62. The fourth-order valence-corrected chi connectivity index (χ4v) is 2.62. The van der Waals surface area contributed by atoms with E-state index in [4.69, 9.17) is 4.42 Å². The second-order valence-electron chi connectivity index (χ2n) is 5.10. The minimum absolute atomic E-state index is 0.0435. The lowest BCUT2D eigenvalue weighted by Crippen LogP contribution is -2.28. The SMILES string of the molecule is CN(Cc1ccco1)C(=O)c1cccc2c1CCCN2. The van der Waals surface area contributed by atoms with Gasteiger partial charge in [-0.2, -0.15) is 0 Å². The first kappa shape index (κ1) is 12.8. The molecule has 0 spiro atoms. The number of nitrogens with one attached hydrogen (secondary N) is 1. The largest absolute Gasteiger partial charge is 0.467 e. The minimum Gasteiger partial charge on any atom is -0.467 e. The van der Waals surface area contributed by atoms with Crippen LogP contribution in [0.2, 0.25) is 0 Å². The van der Waals surface area contributed by atoms with Crippen LogP contribution in [0.5, 0.6) is 0 Å². The zero-order valence-electron chi connectivity index (χ0n) is 11.6. The lowest BCUT2D eigenvalue weighted by Gasteiger charge is -2.23. The zero-order valence-corrected chi connectivity index (χ0v) is 11.6. The maximum absolute atomic E-state index is 12.6. The summed E-state index contributed by atoms with van der Waals surface area (Å²) in [5, 5.41) is 3.35. The van der Waals surface area contributed by atoms with Gasteiger partial charge in [0.05, 0.1) is 12.8 Å². The third kappa shape index (κ3) is 2.41. The standard InChI is InChI=1S/C16H18N2O2/c1-18(11-12-5-4-10-20-12)16(19)14-6-2-8-15-13(14)7-3-9-17-15/h2,4-6,8,10,17H,3,7,9,11H2,1H3. The second-order valence-corrected chi connectivity index (χ2v) is 5.10. The van der Waals surface area contributed by atoms with E-state index >= 15 is 0 Å². The number of amides is 1. The topological polar surface area (TPSA) is 45.5 Å². The molecule has 20 heavy (non-hydrogen) atoms. The Morgan fingerprint density at radius 1 is 1.35 bits per heavy atom. The van der Waals surface area contributed by atoms with E-state index in [1.54, 1.807) is 18.2 Å². The maximum Gasteiger partial charge on any atom is 0.254 e. The van der Waals surface area contributed by atoms with Crippen molar-refractivity contribution in [1.29, 1.82) is 0 Å². The average Bonchev–Trinajstić information content (AvgIpc) is 2.99. The molecule has 1 amide bonds. The number of rotatable bonds is 3. The van der Waals surface area contributed by atoms with Crippen LogP contribution in [-0.2, 0) is 13.0 Å². The fraction of sp³-hybridized carbons (Fsp3) is 0.312.